The Hall–Kier alpha value is -1.90. The van der Waals surface area contributed by atoms with Crippen LogP contribution in [0, 0.1) is 0 Å². The summed E-state index contributed by atoms with van der Waals surface area (Å²) < 4.78 is 4.85. The second-order valence-electron chi connectivity index (χ2n) is 4.27. The highest BCUT2D eigenvalue weighted by atomic mass is 16.5. The Kier molecular flexibility index (Phi) is 6.58. The highest BCUT2D eigenvalue weighted by Crippen LogP contribution is 2.16. The highest BCUT2D eigenvalue weighted by Gasteiger charge is 2.02. The summed E-state index contributed by atoms with van der Waals surface area (Å²) >= 11 is 0. The topological polar surface area (TPSA) is 43.4 Å². The lowest BCUT2D eigenvalue weighted by Crippen LogP contribution is -1.99. The number of hydrogen-bond donors (Lipinski definition) is 0. The average Bonchev–Trinajstić information content (AvgIpc) is 2.43. The van der Waals surface area contributed by atoms with Gasteiger partial charge in [-0.2, -0.15) is 0 Å². The number of carbonyl (C=O) groups is 2. The van der Waals surface area contributed by atoms with E-state index >= 15 is 0 Å². The van der Waals surface area contributed by atoms with Crippen molar-refractivity contribution in [1.29, 1.82) is 0 Å². The molecule has 19 heavy (non-hydrogen) atoms. The maximum atomic E-state index is 11.3. The molecule has 0 unspecified atom stereocenters. The maximum absolute atomic E-state index is 11.3. The quantitative estimate of drug-likeness (QED) is 0.428. The largest absolute Gasteiger partial charge is 0.463 e. The minimum atomic E-state index is -0.344. The van der Waals surface area contributed by atoms with Gasteiger partial charge >= 0.3 is 5.97 Å². The fourth-order valence-electron chi connectivity index (χ4n) is 1.79. The van der Waals surface area contributed by atoms with Gasteiger partial charge in [0.25, 0.3) is 0 Å². The number of unbranched alkanes of at least 4 members (excludes halogenated alkanes) is 1. The number of esters is 1. The number of carbonyl (C=O) groups excluding carboxylic acids is 2. The van der Waals surface area contributed by atoms with E-state index < -0.39 is 0 Å². The van der Waals surface area contributed by atoms with Gasteiger partial charge < -0.3 is 4.74 Å². The van der Waals surface area contributed by atoms with E-state index in [4.69, 9.17) is 4.74 Å². The summed E-state index contributed by atoms with van der Waals surface area (Å²) in [4.78, 5) is 22.1. The van der Waals surface area contributed by atoms with Crippen molar-refractivity contribution in [2.45, 2.75) is 33.1 Å². The third-order valence-electron chi connectivity index (χ3n) is 2.79. The molecule has 0 amide bonds. The third kappa shape index (κ3) is 5.08. The first-order chi connectivity index (χ1) is 9.21. The summed E-state index contributed by atoms with van der Waals surface area (Å²) in [5.74, 6) is -0.344. The van der Waals surface area contributed by atoms with Gasteiger partial charge in [0.15, 0.2) is 0 Å². The molecule has 0 aliphatic carbocycles. The van der Waals surface area contributed by atoms with E-state index in [2.05, 4.69) is 6.92 Å². The Balaban J connectivity index is 2.91. The monoisotopic (exact) mass is 260 g/mol. The zero-order chi connectivity index (χ0) is 14.1. The first-order valence-corrected chi connectivity index (χ1v) is 6.64. The van der Waals surface area contributed by atoms with Crippen molar-refractivity contribution in [2.24, 2.45) is 0 Å². The highest BCUT2D eigenvalue weighted by molar-refractivity contribution is 5.87. The normalized spacial score (nSPS) is 10.6. The van der Waals surface area contributed by atoms with Crippen molar-refractivity contribution < 1.29 is 14.3 Å². The number of aldehydes is 1. The SMILES string of the molecule is CCCCc1cc(C=O)ccc1/C=C/C(=O)OCC. The minimum Gasteiger partial charge on any atom is -0.463 e. The van der Waals surface area contributed by atoms with E-state index in [-0.39, 0.29) is 5.97 Å². The molecule has 102 valence electrons. The Morgan fingerprint density at radius 1 is 1.32 bits per heavy atom. The van der Waals surface area contributed by atoms with Gasteiger partial charge in [-0.25, -0.2) is 4.79 Å². The molecule has 0 aliphatic heterocycles. The summed E-state index contributed by atoms with van der Waals surface area (Å²) in [6.07, 6.45) is 7.07. The molecule has 0 saturated heterocycles. The molecule has 3 nitrogen and oxygen atoms in total. The molecular weight excluding hydrogens is 240 g/mol. The zero-order valence-electron chi connectivity index (χ0n) is 11.5. The number of benzene rings is 1. The van der Waals surface area contributed by atoms with E-state index in [1.165, 1.54) is 6.08 Å². The van der Waals surface area contributed by atoms with Crippen LogP contribution in [0.5, 0.6) is 0 Å². The third-order valence-corrected chi connectivity index (χ3v) is 2.79. The molecule has 0 aliphatic rings. The van der Waals surface area contributed by atoms with Crippen LogP contribution >= 0.6 is 0 Å². The van der Waals surface area contributed by atoms with E-state index in [1.807, 2.05) is 12.1 Å². The lowest BCUT2D eigenvalue weighted by Gasteiger charge is -2.06. The molecule has 0 saturated carbocycles. The molecular formula is C16H20O3. The van der Waals surface area contributed by atoms with Gasteiger partial charge in [-0.1, -0.05) is 25.5 Å². The van der Waals surface area contributed by atoms with E-state index in [0.29, 0.717) is 12.2 Å². The van der Waals surface area contributed by atoms with Crippen molar-refractivity contribution in [3.05, 3.63) is 41.0 Å². The predicted octanol–water partition coefficient (Wildman–Crippen LogP) is 3.42. The maximum Gasteiger partial charge on any atom is 0.330 e. The molecule has 0 aromatic heterocycles. The average molecular weight is 260 g/mol. The molecule has 0 atom stereocenters. The van der Waals surface area contributed by atoms with E-state index in [9.17, 15) is 9.59 Å². The van der Waals surface area contributed by atoms with Gasteiger partial charge in [0.1, 0.15) is 6.29 Å². The second kappa shape index (κ2) is 8.25. The van der Waals surface area contributed by atoms with Gasteiger partial charge in [-0.3, -0.25) is 4.79 Å². The number of ether oxygens (including phenoxy) is 1. The number of hydrogen-bond acceptors (Lipinski definition) is 3. The molecule has 1 aromatic carbocycles. The van der Waals surface area contributed by atoms with Gasteiger partial charge in [-0.05, 0) is 43.0 Å². The molecule has 1 aromatic rings. The summed E-state index contributed by atoms with van der Waals surface area (Å²) in [7, 11) is 0. The van der Waals surface area contributed by atoms with Crippen LogP contribution in [-0.4, -0.2) is 18.9 Å². The number of rotatable bonds is 7. The Bertz CT molecular complexity index is 461. The lowest BCUT2D eigenvalue weighted by molar-refractivity contribution is -0.137. The fourth-order valence-corrected chi connectivity index (χ4v) is 1.79. The standard InChI is InChI=1S/C16H20O3/c1-3-5-6-15-11-13(12-17)7-8-14(15)9-10-16(18)19-4-2/h7-12H,3-6H2,1-2H3/b10-9+. The Morgan fingerprint density at radius 3 is 2.74 bits per heavy atom. The first-order valence-electron chi connectivity index (χ1n) is 6.64. The second-order valence-corrected chi connectivity index (χ2v) is 4.27. The summed E-state index contributed by atoms with van der Waals surface area (Å²) in [6, 6.07) is 5.51. The molecule has 0 fully saturated rings. The molecule has 1 rings (SSSR count). The molecule has 0 radical (unpaired) electrons. The van der Waals surface area contributed by atoms with Crippen LogP contribution in [0.25, 0.3) is 6.08 Å². The lowest BCUT2D eigenvalue weighted by atomic mass is 9.99. The van der Waals surface area contributed by atoms with Gasteiger partial charge in [0, 0.05) is 11.6 Å². The first kappa shape index (κ1) is 15.2. The van der Waals surface area contributed by atoms with Crippen LogP contribution in [0.1, 0.15) is 48.2 Å². The van der Waals surface area contributed by atoms with Gasteiger partial charge in [-0.15, -0.1) is 0 Å². The van der Waals surface area contributed by atoms with Crippen molar-refractivity contribution >= 4 is 18.3 Å². The van der Waals surface area contributed by atoms with Gasteiger partial charge in [0.2, 0.25) is 0 Å². The molecule has 0 heterocycles. The molecule has 3 heteroatoms. The summed E-state index contributed by atoms with van der Waals surface area (Å²) in [6.45, 7) is 4.27. The van der Waals surface area contributed by atoms with Crippen LogP contribution in [0.15, 0.2) is 24.3 Å². The predicted molar refractivity (Wildman–Crippen MR) is 76.1 cm³/mol. The molecule has 0 N–H and O–H groups in total. The smallest absolute Gasteiger partial charge is 0.330 e. The fraction of sp³-hybridized carbons (Fsp3) is 0.375. The van der Waals surface area contributed by atoms with Crippen LogP contribution in [0.2, 0.25) is 0 Å². The zero-order valence-corrected chi connectivity index (χ0v) is 11.5. The summed E-state index contributed by atoms with van der Waals surface area (Å²) in [5.41, 5.74) is 2.72. The Morgan fingerprint density at radius 2 is 2.11 bits per heavy atom. The van der Waals surface area contributed by atoms with E-state index in [0.717, 1.165) is 36.7 Å². The van der Waals surface area contributed by atoms with Crippen molar-refractivity contribution in [2.75, 3.05) is 6.61 Å². The van der Waals surface area contributed by atoms with Crippen molar-refractivity contribution in [3.63, 3.8) is 0 Å². The van der Waals surface area contributed by atoms with Crippen molar-refractivity contribution in [3.8, 4) is 0 Å². The van der Waals surface area contributed by atoms with Crippen LogP contribution < -0.4 is 0 Å². The van der Waals surface area contributed by atoms with Crippen LogP contribution in [0.4, 0.5) is 0 Å². The van der Waals surface area contributed by atoms with E-state index in [1.54, 1.807) is 19.1 Å². The van der Waals surface area contributed by atoms with Crippen LogP contribution in [0.3, 0.4) is 0 Å². The minimum absolute atomic E-state index is 0.344. The number of aryl methyl sites for hydroxylation is 1. The van der Waals surface area contributed by atoms with Gasteiger partial charge in [0.05, 0.1) is 6.61 Å². The Labute approximate surface area is 114 Å². The molecule has 0 spiro atoms. The summed E-state index contributed by atoms with van der Waals surface area (Å²) in [5, 5.41) is 0. The van der Waals surface area contributed by atoms with Crippen LogP contribution in [-0.2, 0) is 16.0 Å². The molecule has 0 bridgehead atoms. The van der Waals surface area contributed by atoms with Crippen molar-refractivity contribution in [1.82, 2.24) is 0 Å².